The van der Waals surface area contributed by atoms with Gasteiger partial charge in [-0.3, -0.25) is 14.2 Å². The number of benzene rings is 1. The van der Waals surface area contributed by atoms with Crippen molar-refractivity contribution in [3.8, 4) is 11.3 Å². The molecule has 140 valence electrons. The van der Waals surface area contributed by atoms with Crippen LogP contribution in [0.3, 0.4) is 0 Å². The highest BCUT2D eigenvalue weighted by atomic mass is 19.1. The zero-order valence-corrected chi connectivity index (χ0v) is 14.9. The summed E-state index contributed by atoms with van der Waals surface area (Å²) in [6, 6.07) is 3.17. The van der Waals surface area contributed by atoms with Gasteiger partial charge in [-0.1, -0.05) is 0 Å². The molecule has 1 amide bonds. The van der Waals surface area contributed by atoms with Gasteiger partial charge in [0.15, 0.2) is 5.82 Å². The summed E-state index contributed by atoms with van der Waals surface area (Å²) in [5, 5.41) is 11.3. The Morgan fingerprint density at radius 2 is 2.04 bits per heavy atom. The Morgan fingerprint density at radius 1 is 1.26 bits per heavy atom. The molecule has 1 N–H and O–H groups in total. The Balaban J connectivity index is 1.55. The van der Waals surface area contributed by atoms with Gasteiger partial charge in [0.2, 0.25) is 0 Å². The maximum absolute atomic E-state index is 14.1. The molecule has 0 unspecified atom stereocenters. The summed E-state index contributed by atoms with van der Waals surface area (Å²) in [4.78, 5) is 17.1. The summed E-state index contributed by atoms with van der Waals surface area (Å²) in [5.41, 5.74) is 0.425. The van der Waals surface area contributed by atoms with E-state index in [0.717, 1.165) is 30.8 Å². The van der Waals surface area contributed by atoms with Crippen LogP contribution in [0.1, 0.15) is 40.8 Å². The van der Waals surface area contributed by atoms with Crippen LogP contribution >= 0.6 is 0 Å². The summed E-state index contributed by atoms with van der Waals surface area (Å²) in [6.45, 7) is 0.190. The number of carbonyl (C=O) groups is 1. The van der Waals surface area contributed by atoms with Gasteiger partial charge >= 0.3 is 0 Å². The molecule has 1 aromatic carbocycles. The lowest BCUT2D eigenvalue weighted by molar-refractivity contribution is 0.0950. The van der Waals surface area contributed by atoms with Gasteiger partial charge in [-0.15, -0.1) is 0 Å². The Kier molecular flexibility index (Phi) is 4.21. The molecule has 2 aromatic heterocycles. The van der Waals surface area contributed by atoms with E-state index in [9.17, 15) is 13.6 Å². The van der Waals surface area contributed by atoms with E-state index in [4.69, 9.17) is 0 Å². The average molecular weight is 372 g/mol. The average Bonchev–Trinajstić information content (AvgIpc) is 3.30. The summed E-state index contributed by atoms with van der Waals surface area (Å²) in [7, 11) is 3.41. The van der Waals surface area contributed by atoms with Gasteiger partial charge in [0, 0.05) is 37.8 Å². The Hall–Kier alpha value is -3.10. The minimum atomic E-state index is -0.773. The first kappa shape index (κ1) is 17.3. The van der Waals surface area contributed by atoms with Gasteiger partial charge in [-0.25, -0.2) is 13.8 Å². The van der Waals surface area contributed by atoms with E-state index in [1.807, 2.05) is 0 Å². The second kappa shape index (κ2) is 6.57. The maximum atomic E-state index is 14.1. The van der Waals surface area contributed by atoms with E-state index in [1.54, 1.807) is 18.8 Å². The standard InChI is InChI=1S/C18H18F2N6O/c1-25-9-13(16(23-25)12-6-5-11(19)7-14(12)20)18(27)21-8-15-22-17(10-3-4-10)24-26(15)2/h5-7,9-10H,3-4,8H2,1-2H3,(H,21,27). The minimum absolute atomic E-state index is 0.0665. The van der Waals surface area contributed by atoms with Crippen LogP contribution < -0.4 is 5.32 Å². The van der Waals surface area contributed by atoms with Crippen molar-refractivity contribution in [3.63, 3.8) is 0 Å². The third-order valence-corrected chi connectivity index (χ3v) is 4.48. The van der Waals surface area contributed by atoms with Gasteiger partial charge in [-0.2, -0.15) is 10.2 Å². The SMILES string of the molecule is Cn1cc(C(=O)NCc2nc(C3CC3)nn2C)c(-c2ccc(F)cc2F)n1. The molecule has 27 heavy (non-hydrogen) atoms. The molecule has 3 aromatic rings. The summed E-state index contributed by atoms with van der Waals surface area (Å²) in [5.74, 6) is -0.0114. The van der Waals surface area contributed by atoms with Gasteiger partial charge in [0.25, 0.3) is 5.91 Å². The van der Waals surface area contributed by atoms with E-state index in [-0.39, 0.29) is 23.4 Å². The van der Waals surface area contributed by atoms with Crippen LogP contribution in [0.15, 0.2) is 24.4 Å². The molecule has 0 spiro atoms. The van der Waals surface area contributed by atoms with Gasteiger partial charge in [-0.05, 0) is 25.0 Å². The van der Waals surface area contributed by atoms with E-state index in [1.165, 1.54) is 16.9 Å². The van der Waals surface area contributed by atoms with Crippen molar-refractivity contribution < 1.29 is 13.6 Å². The fraction of sp³-hybridized carbons (Fsp3) is 0.333. The summed E-state index contributed by atoms with van der Waals surface area (Å²) < 4.78 is 30.4. The van der Waals surface area contributed by atoms with E-state index < -0.39 is 17.5 Å². The molecule has 4 rings (SSSR count). The number of aromatic nitrogens is 5. The van der Waals surface area contributed by atoms with Gasteiger partial charge < -0.3 is 5.32 Å². The number of rotatable bonds is 5. The van der Waals surface area contributed by atoms with Crippen molar-refractivity contribution in [1.82, 2.24) is 29.9 Å². The number of nitrogens with one attached hydrogen (secondary N) is 1. The summed E-state index contributed by atoms with van der Waals surface area (Å²) in [6.07, 6.45) is 3.69. The molecular formula is C18H18F2N6O. The van der Waals surface area contributed by atoms with Crippen LogP contribution in [-0.4, -0.2) is 30.5 Å². The van der Waals surface area contributed by atoms with Crippen LogP contribution in [0.5, 0.6) is 0 Å². The van der Waals surface area contributed by atoms with Crippen molar-refractivity contribution >= 4 is 5.91 Å². The normalized spacial score (nSPS) is 13.8. The third-order valence-electron chi connectivity index (χ3n) is 4.48. The highest BCUT2D eigenvalue weighted by Crippen LogP contribution is 2.38. The van der Waals surface area contributed by atoms with Crippen LogP contribution in [0.25, 0.3) is 11.3 Å². The Morgan fingerprint density at radius 3 is 2.74 bits per heavy atom. The number of amides is 1. The van der Waals surface area contributed by atoms with Crippen LogP contribution in [-0.2, 0) is 20.6 Å². The number of nitrogens with zero attached hydrogens (tertiary/aromatic N) is 5. The number of halogens is 2. The molecule has 2 heterocycles. The lowest BCUT2D eigenvalue weighted by Crippen LogP contribution is -2.24. The van der Waals surface area contributed by atoms with E-state index >= 15 is 0 Å². The molecule has 1 aliphatic rings. The molecule has 0 saturated heterocycles. The van der Waals surface area contributed by atoms with Crippen LogP contribution in [0.2, 0.25) is 0 Å². The zero-order valence-electron chi connectivity index (χ0n) is 14.9. The summed E-state index contributed by atoms with van der Waals surface area (Å²) >= 11 is 0. The second-order valence-electron chi connectivity index (χ2n) is 6.66. The number of aryl methyl sites for hydroxylation is 2. The van der Waals surface area contributed by atoms with E-state index in [0.29, 0.717) is 11.7 Å². The van der Waals surface area contributed by atoms with Gasteiger partial charge in [0.1, 0.15) is 23.2 Å². The molecule has 9 heteroatoms. The first-order valence-corrected chi connectivity index (χ1v) is 8.59. The van der Waals surface area contributed by atoms with Crippen molar-refractivity contribution in [2.75, 3.05) is 0 Å². The van der Waals surface area contributed by atoms with Crippen molar-refractivity contribution in [1.29, 1.82) is 0 Å². The monoisotopic (exact) mass is 372 g/mol. The third kappa shape index (κ3) is 3.44. The molecule has 0 radical (unpaired) electrons. The Labute approximate surface area is 154 Å². The fourth-order valence-electron chi connectivity index (χ4n) is 2.90. The Bertz CT molecular complexity index is 1020. The molecule has 0 aliphatic heterocycles. The zero-order chi connectivity index (χ0) is 19.1. The lowest BCUT2D eigenvalue weighted by atomic mass is 10.1. The highest BCUT2D eigenvalue weighted by Gasteiger charge is 2.28. The minimum Gasteiger partial charge on any atom is -0.345 e. The number of hydrogen-bond acceptors (Lipinski definition) is 4. The van der Waals surface area contributed by atoms with Crippen molar-refractivity contribution in [2.45, 2.75) is 25.3 Å². The first-order chi connectivity index (χ1) is 12.9. The molecule has 0 bridgehead atoms. The molecular weight excluding hydrogens is 354 g/mol. The number of hydrogen-bond donors (Lipinski definition) is 1. The van der Waals surface area contributed by atoms with Crippen molar-refractivity contribution in [2.24, 2.45) is 14.1 Å². The second-order valence-corrected chi connectivity index (χ2v) is 6.66. The molecule has 7 nitrogen and oxygen atoms in total. The number of carbonyl (C=O) groups excluding carboxylic acids is 1. The van der Waals surface area contributed by atoms with E-state index in [2.05, 4.69) is 20.5 Å². The molecule has 1 fully saturated rings. The highest BCUT2D eigenvalue weighted by molar-refractivity contribution is 5.99. The van der Waals surface area contributed by atoms with Gasteiger partial charge in [0.05, 0.1) is 12.1 Å². The quantitative estimate of drug-likeness (QED) is 0.746. The first-order valence-electron chi connectivity index (χ1n) is 8.59. The van der Waals surface area contributed by atoms with Crippen LogP contribution in [0, 0.1) is 11.6 Å². The fourth-order valence-corrected chi connectivity index (χ4v) is 2.90. The molecule has 0 atom stereocenters. The van der Waals surface area contributed by atoms with Crippen molar-refractivity contribution in [3.05, 3.63) is 53.2 Å². The van der Waals surface area contributed by atoms with Crippen LogP contribution in [0.4, 0.5) is 8.78 Å². The molecule has 1 aliphatic carbocycles. The lowest BCUT2D eigenvalue weighted by Gasteiger charge is -2.06. The molecule has 1 saturated carbocycles. The largest absolute Gasteiger partial charge is 0.345 e. The maximum Gasteiger partial charge on any atom is 0.255 e. The smallest absolute Gasteiger partial charge is 0.255 e. The topological polar surface area (TPSA) is 77.6 Å². The predicted molar refractivity (Wildman–Crippen MR) is 92.7 cm³/mol. The predicted octanol–water partition coefficient (Wildman–Crippen LogP) is 2.30.